The summed E-state index contributed by atoms with van der Waals surface area (Å²) in [5.41, 5.74) is 0. The van der Waals surface area contributed by atoms with Gasteiger partial charge in [0.15, 0.2) is 0 Å². The van der Waals surface area contributed by atoms with Gasteiger partial charge in [0, 0.05) is 44.4 Å². The van der Waals surface area contributed by atoms with Crippen molar-refractivity contribution in [2.24, 2.45) is 11.8 Å². The number of unbranched alkanes of at least 4 members (excludes halogenated alkanes) is 6. The second-order valence-corrected chi connectivity index (χ2v) is 10.7. The Labute approximate surface area is 183 Å². The number of hydrogen-bond donors (Lipinski definition) is 0. The first kappa shape index (κ1) is 24.9. The first-order valence-corrected chi connectivity index (χ1v) is 13.5. The Bertz CT molecular complexity index is 696. The number of sulfonamides is 1. The minimum absolute atomic E-state index is 0.100. The molecule has 0 saturated carbocycles. The fourth-order valence-electron chi connectivity index (χ4n) is 4.44. The molecule has 2 aliphatic rings. The molecule has 1 unspecified atom stereocenters. The molecule has 6 heteroatoms. The molecule has 1 fully saturated rings. The normalized spacial score (nSPS) is 22.0. The van der Waals surface area contributed by atoms with Crippen LogP contribution in [0.2, 0.25) is 0 Å². The Morgan fingerprint density at radius 3 is 2.10 bits per heavy atom. The largest absolute Gasteiger partial charge is 0.354 e. The van der Waals surface area contributed by atoms with E-state index >= 15 is 0 Å². The lowest BCUT2D eigenvalue weighted by Gasteiger charge is -2.16. The van der Waals surface area contributed by atoms with Crippen molar-refractivity contribution in [3.8, 4) is 0 Å². The van der Waals surface area contributed by atoms with Gasteiger partial charge in [-0.15, -0.1) is 0 Å². The highest BCUT2D eigenvalue weighted by atomic mass is 32.2. The van der Waals surface area contributed by atoms with Gasteiger partial charge >= 0.3 is 0 Å². The lowest BCUT2D eigenvalue weighted by Crippen LogP contribution is -2.28. The van der Waals surface area contributed by atoms with E-state index in [1.807, 2.05) is 12.2 Å². The van der Waals surface area contributed by atoms with Crippen molar-refractivity contribution in [2.75, 3.05) is 25.9 Å². The smallest absolute Gasteiger partial charge is 0.211 e. The third-order valence-corrected chi connectivity index (χ3v) is 7.41. The predicted molar refractivity (Wildman–Crippen MR) is 124 cm³/mol. The van der Waals surface area contributed by atoms with Crippen LogP contribution in [0.4, 0.5) is 0 Å². The molecule has 0 aromatic rings. The number of rotatable bonds is 14. The summed E-state index contributed by atoms with van der Waals surface area (Å²) >= 11 is 0. The molecule has 2 rings (SSSR count). The van der Waals surface area contributed by atoms with Crippen LogP contribution in [-0.4, -0.2) is 49.3 Å². The maximum atomic E-state index is 12.7. The van der Waals surface area contributed by atoms with Gasteiger partial charge in [-0.05, 0) is 37.3 Å². The van der Waals surface area contributed by atoms with E-state index in [1.165, 1.54) is 42.7 Å². The molecule has 0 aliphatic carbocycles. The second-order valence-electron chi connectivity index (χ2n) is 8.73. The first-order chi connectivity index (χ1) is 14.4. The van der Waals surface area contributed by atoms with Crippen molar-refractivity contribution in [3.63, 3.8) is 0 Å². The van der Waals surface area contributed by atoms with Crippen LogP contribution in [-0.2, 0) is 14.8 Å². The van der Waals surface area contributed by atoms with E-state index in [9.17, 15) is 13.2 Å². The molecule has 0 radical (unpaired) electrons. The summed E-state index contributed by atoms with van der Waals surface area (Å²) < 4.78 is 25.2. The van der Waals surface area contributed by atoms with Crippen molar-refractivity contribution in [1.29, 1.82) is 0 Å². The molecule has 0 spiro atoms. The molecule has 2 aliphatic heterocycles. The molecule has 0 amide bonds. The molecule has 0 aromatic carbocycles. The van der Waals surface area contributed by atoms with Gasteiger partial charge in [-0.2, -0.15) is 0 Å². The van der Waals surface area contributed by atoms with Crippen LogP contribution < -0.4 is 0 Å². The summed E-state index contributed by atoms with van der Waals surface area (Å²) in [5.74, 6) is 0.367. The van der Waals surface area contributed by atoms with E-state index in [0.29, 0.717) is 19.5 Å². The lowest BCUT2D eigenvalue weighted by atomic mass is 9.86. The molecule has 2 atom stereocenters. The van der Waals surface area contributed by atoms with E-state index in [4.69, 9.17) is 0 Å². The van der Waals surface area contributed by atoms with Gasteiger partial charge in [0.05, 0.1) is 6.26 Å². The van der Waals surface area contributed by atoms with E-state index < -0.39 is 10.0 Å². The van der Waals surface area contributed by atoms with Crippen molar-refractivity contribution in [1.82, 2.24) is 9.21 Å². The van der Waals surface area contributed by atoms with Crippen LogP contribution in [0.15, 0.2) is 36.7 Å². The van der Waals surface area contributed by atoms with Gasteiger partial charge in [0.1, 0.15) is 5.78 Å². The minimum atomic E-state index is -3.20. The van der Waals surface area contributed by atoms with E-state index in [0.717, 1.165) is 32.2 Å². The number of carbonyl (C=O) groups excluding carboxylic acids is 1. The zero-order valence-corrected chi connectivity index (χ0v) is 19.7. The van der Waals surface area contributed by atoms with Crippen molar-refractivity contribution in [2.45, 2.75) is 71.1 Å². The molecule has 30 heavy (non-hydrogen) atoms. The average molecular weight is 437 g/mol. The summed E-state index contributed by atoms with van der Waals surface area (Å²) in [6.07, 6.45) is 24.3. The Hall–Kier alpha value is -1.40. The number of carbonyl (C=O) groups is 1. The van der Waals surface area contributed by atoms with Crippen LogP contribution in [0.5, 0.6) is 0 Å². The van der Waals surface area contributed by atoms with E-state index in [1.54, 1.807) is 0 Å². The number of hydrogen-bond acceptors (Lipinski definition) is 4. The Morgan fingerprint density at radius 2 is 1.50 bits per heavy atom. The standard InChI is InChI=1S/C24H40N2O3S/c1-3-15-22-20-26(30(2,28)29)21-23(22)24(27)16-11-7-5-4-6-8-12-17-25-18-13-9-10-14-19-25/h9-10,13-14,18-19,22-23H,3-8,11-12,15-17,20-21H2,1-2H3/t22-,23?/m0/s1. The number of allylic oxidation sites excluding steroid dienone is 4. The first-order valence-electron chi connectivity index (χ1n) is 11.7. The molecule has 0 N–H and O–H groups in total. The van der Waals surface area contributed by atoms with Crippen LogP contribution >= 0.6 is 0 Å². The summed E-state index contributed by atoms with van der Waals surface area (Å²) in [7, 11) is -3.20. The van der Waals surface area contributed by atoms with Crippen molar-refractivity contribution in [3.05, 3.63) is 36.7 Å². The summed E-state index contributed by atoms with van der Waals surface area (Å²) in [6, 6.07) is 0. The predicted octanol–water partition coefficient (Wildman–Crippen LogP) is 4.88. The van der Waals surface area contributed by atoms with Crippen LogP contribution in [0.1, 0.15) is 71.1 Å². The number of ketones is 1. The molecule has 170 valence electrons. The van der Waals surface area contributed by atoms with E-state index in [-0.39, 0.29) is 17.6 Å². The molecule has 0 aromatic heterocycles. The fourth-order valence-corrected chi connectivity index (χ4v) is 5.33. The molecule has 2 heterocycles. The van der Waals surface area contributed by atoms with Crippen molar-refractivity contribution < 1.29 is 13.2 Å². The Morgan fingerprint density at radius 1 is 0.900 bits per heavy atom. The number of Topliss-reactive ketones (excluding diaryl/α,β-unsaturated/α-hetero) is 1. The third kappa shape index (κ3) is 8.76. The summed E-state index contributed by atoms with van der Waals surface area (Å²) in [5, 5.41) is 0. The highest BCUT2D eigenvalue weighted by molar-refractivity contribution is 7.88. The topological polar surface area (TPSA) is 57.7 Å². The molecular weight excluding hydrogens is 396 g/mol. The molecular formula is C24H40N2O3S. The quantitative estimate of drug-likeness (QED) is 0.364. The van der Waals surface area contributed by atoms with Gasteiger partial charge in [0.25, 0.3) is 0 Å². The van der Waals surface area contributed by atoms with E-state index in [2.05, 4.69) is 36.4 Å². The Kier molecular flexibility index (Phi) is 10.9. The summed E-state index contributed by atoms with van der Waals surface area (Å²) in [4.78, 5) is 14.9. The zero-order chi connectivity index (χ0) is 21.8. The van der Waals surface area contributed by atoms with Gasteiger partial charge in [-0.1, -0.05) is 57.6 Å². The molecule has 0 bridgehead atoms. The lowest BCUT2D eigenvalue weighted by molar-refractivity contribution is -0.123. The number of nitrogens with zero attached hydrogens (tertiary/aromatic N) is 2. The third-order valence-electron chi connectivity index (χ3n) is 6.18. The van der Waals surface area contributed by atoms with Gasteiger partial charge in [-0.25, -0.2) is 12.7 Å². The maximum absolute atomic E-state index is 12.7. The zero-order valence-electron chi connectivity index (χ0n) is 18.8. The second kappa shape index (κ2) is 13.1. The van der Waals surface area contributed by atoms with Crippen LogP contribution in [0.3, 0.4) is 0 Å². The Balaban J connectivity index is 1.55. The minimum Gasteiger partial charge on any atom is -0.354 e. The monoisotopic (exact) mass is 436 g/mol. The van der Waals surface area contributed by atoms with Gasteiger partial charge in [-0.3, -0.25) is 4.79 Å². The maximum Gasteiger partial charge on any atom is 0.211 e. The highest BCUT2D eigenvalue weighted by Crippen LogP contribution is 2.31. The van der Waals surface area contributed by atoms with Gasteiger partial charge in [0.2, 0.25) is 10.0 Å². The fraction of sp³-hybridized carbons (Fsp3) is 0.708. The van der Waals surface area contributed by atoms with Crippen LogP contribution in [0, 0.1) is 11.8 Å². The molecule has 1 saturated heterocycles. The summed E-state index contributed by atoms with van der Waals surface area (Å²) in [6.45, 7) is 4.07. The SMILES string of the molecule is CCC[C@H]1CN(S(C)(=O)=O)CC1C(=O)CCCCCCCCCN1C=CC=CC=C1. The highest BCUT2D eigenvalue weighted by Gasteiger charge is 2.39. The van der Waals surface area contributed by atoms with Crippen molar-refractivity contribution >= 4 is 15.8 Å². The average Bonchev–Trinajstić information content (AvgIpc) is 2.96. The van der Waals surface area contributed by atoms with Gasteiger partial charge < -0.3 is 4.90 Å². The van der Waals surface area contributed by atoms with Crippen LogP contribution in [0.25, 0.3) is 0 Å². The molecule has 5 nitrogen and oxygen atoms in total.